The maximum atomic E-state index is 9.72. The fourth-order valence-corrected chi connectivity index (χ4v) is 1.96. The molecular formula is C15H24ClNO4. The van der Waals surface area contributed by atoms with Crippen LogP contribution in [0.2, 0.25) is 5.02 Å². The third kappa shape index (κ3) is 6.52. The van der Waals surface area contributed by atoms with Crippen molar-refractivity contribution in [2.45, 2.75) is 26.0 Å². The van der Waals surface area contributed by atoms with E-state index < -0.39 is 5.60 Å². The molecule has 0 radical (unpaired) electrons. The number of rotatable bonds is 9. The second-order valence-electron chi connectivity index (χ2n) is 5.38. The molecule has 0 fully saturated rings. The fourth-order valence-electron chi connectivity index (χ4n) is 1.67. The molecule has 0 aliphatic heterocycles. The van der Waals surface area contributed by atoms with Crippen LogP contribution < -0.4 is 14.8 Å². The van der Waals surface area contributed by atoms with Crippen LogP contribution in [0, 0.1) is 0 Å². The Labute approximate surface area is 131 Å². The summed E-state index contributed by atoms with van der Waals surface area (Å²) in [6, 6.07) is 3.69. The molecule has 21 heavy (non-hydrogen) atoms. The standard InChI is InChI=1S/C15H24ClNO4/c1-15(2,18)10-21-14-12(16)7-11(8-13(14)20-4)9-17-5-6-19-3/h7-8,17-18H,5-6,9-10H2,1-4H3. The molecule has 2 N–H and O–H groups in total. The van der Waals surface area contributed by atoms with Crippen LogP contribution in [0.5, 0.6) is 11.5 Å². The molecule has 0 atom stereocenters. The molecule has 0 spiro atoms. The summed E-state index contributed by atoms with van der Waals surface area (Å²) < 4.78 is 15.9. The van der Waals surface area contributed by atoms with E-state index in [9.17, 15) is 5.11 Å². The monoisotopic (exact) mass is 317 g/mol. The summed E-state index contributed by atoms with van der Waals surface area (Å²) in [7, 11) is 3.22. The van der Waals surface area contributed by atoms with E-state index in [0.717, 1.165) is 12.1 Å². The largest absolute Gasteiger partial charge is 0.493 e. The van der Waals surface area contributed by atoms with Crippen molar-refractivity contribution in [3.8, 4) is 11.5 Å². The van der Waals surface area contributed by atoms with E-state index in [-0.39, 0.29) is 6.61 Å². The smallest absolute Gasteiger partial charge is 0.179 e. The van der Waals surface area contributed by atoms with Gasteiger partial charge in [-0.05, 0) is 31.5 Å². The molecule has 1 rings (SSSR count). The van der Waals surface area contributed by atoms with Crippen molar-refractivity contribution < 1.29 is 19.3 Å². The summed E-state index contributed by atoms with van der Waals surface area (Å²) in [6.07, 6.45) is 0. The Bertz CT molecular complexity index is 446. The van der Waals surface area contributed by atoms with Crippen LogP contribution in [-0.4, -0.2) is 44.7 Å². The van der Waals surface area contributed by atoms with Crippen LogP contribution in [0.4, 0.5) is 0 Å². The summed E-state index contributed by atoms with van der Waals surface area (Å²) in [4.78, 5) is 0. The Morgan fingerprint density at radius 1 is 1.29 bits per heavy atom. The third-order valence-corrected chi connectivity index (χ3v) is 2.95. The zero-order valence-electron chi connectivity index (χ0n) is 13.0. The molecule has 0 amide bonds. The van der Waals surface area contributed by atoms with Crippen LogP contribution in [0.15, 0.2) is 12.1 Å². The molecular weight excluding hydrogens is 294 g/mol. The Morgan fingerprint density at radius 3 is 2.57 bits per heavy atom. The lowest BCUT2D eigenvalue weighted by Gasteiger charge is -2.20. The molecule has 1 aromatic rings. The molecule has 0 aromatic heterocycles. The fraction of sp³-hybridized carbons (Fsp3) is 0.600. The van der Waals surface area contributed by atoms with Gasteiger partial charge in [0.15, 0.2) is 11.5 Å². The quantitative estimate of drug-likeness (QED) is 0.684. The maximum absolute atomic E-state index is 9.72. The van der Waals surface area contributed by atoms with Crippen molar-refractivity contribution in [2.75, 3.05) is 34.0 Å². The van der Waals surface area contributed by atoms with Crippen LogP contribution in [0.1, 0.15) is 19.4 Å². The van der Waals surface area contributed by atoms with Crippen LogP contribution in [-0.2, 0) is 11.3 Å². The van der Waals surface area contributed by atoms with Gasteiger partial charge in [0.25, 0.3) is 0 Å². The first-order valence-electron chi connectivity index (χ1n) is 6.78. The van der Waals surface area contributed by atoms with Gasteiger partial charge in [0, 0.05) is 20.2 Å². The lowest BCUT2D eigenvalue weighted by atomic mass is 10.1. The minimum atomic E-state index is -0.936. The van der Waals surface area contributed by atoms with Crippen molar-refractivity contribution in [3.05, 3.63) is 22.7 Å². The van der Waals surface area contributed by atoms with Gasteiger partial charge in [-0.3, -0.25) is 0 Å². The minimum absolute atomic E-state index is 0.133. The lowest BCUT2D eigenvalue weighted by Crippen LogP contribution is -2.28. The number of ether oxygens (including phenoxy) is 3. The molecule has 5 nitrogen and oxygen atoms in total. The summed E-state index contributed by atoms with van der Waals surface area (Å²) >= 11 is 6.24. The summed E-state index contributed by atoms with van der Waals surface area (Å²) in [5, 5.41) is 13.4. The average molecular weight is 318 g/mol. The highest BCUT2D eigenvalue weighted by molar-refractivity contribution is 6.32. The van der Waals surface area contributed by atoms with Gasteiger partial charge in [0.1, 0.15) is 6.61 Å². The van der Waals surface area contributed by atoms with Gasteiger partial charge in [-0.1, -0.05) is 11.6 Å². The van der Waals surface area contributed by atoms with E-state index in [1.807, 2.05) is 12.1 Å². The number of hydrogen-bond donors (Lipinski definition) is 2. The summed E-state index contributed by atoms with van der Waals surface area (Å²) in [5.74, 6) is 0.997. The molecule has 0 aliphatic carbocycles. The lowest BCUT2D eigenvalue weighted by molar-refractivity contribution is 0.0276. The van der Waals surface area contributed by atoms with E-state index in [1.54, 1.807) is 28.1 Å². The van der Waals surface area contributed by atoms with E-state index in [0.29, 0.717) is 29.7 Å². The Hall–Kier alpha value is -1.01. The molecule has 120 valence electrons. The summed E-state index contributed by atoms with van der Waals surface area (Å²) in [6.45, 7) is 5.54. The Kier molecular flexibility index (Phi) is 7.25. The SMILES string of the molecule is COCCNCc1cc(Cl)c(OCC(C)(C)O)c(OC)c1. The molecule has 0 bridgehead atoms. The zero-order chi connectivity index (χ0) is 15.9. The van der Waals surface area contributed by atoms with Crippen molar-refractivity contribution in [1.29, 1.82) is 0 Å². The van der Waals surface area contributed by atoms with Crippen LogP contribution >= 0.6 is 11.6 Å². The first-order valence-corrected chi connectivity index (χ1v) is 7.16. The highest BCUT2D eigenvalue weighted by atomic mass is 35.5. The number of aliphatic hydroxyl groups is 1. The predicted octanol–water partition coefficient (Wildman–Crippen LogP) is 2.23. The molecule has 0 heterocycles. The number of halogens is 1. The molecule has 0 aliphatic rings. The summed E-state index contributed by atoms with van der Waals surface area (Å²) in [5.41, 5.74) is 0.0536. The minimum Gasteiger partial charge on any atom is -0.493 e. The topological polar surface area (TPSA) is 60.0 Å². The average Bonchev–Trinajstić information content (AvgIpc) is 2.40. The van der Waals surface area contributed by atoms with Crippen molar-refractivity contribution in [3.63, 3.8) is 0 Å². The van der Waals surface area contributed by atoms with Gasteiger partial charge < -0.3 is 24.6 Å². The predicted molar refractivity (Wildman–Crippen MR) is 83.4 cm³/mol. The van der Waals surface area contributed by atoms with Gasteiger partial charge in [0.05, 0.1) is 24.3 Å². The Morgan fingerprint density at radius 2 is 2.00 bits per heavy atom. The van der Waals surface area contributed by atoms with Gasteiger partial charge in [0.2, 0.25) is 0 Å². The van der Waals surface area contributed by atoms with Gasteiger partial charge in [-0.25, -0.2) is 0 Å². The second-order valence-corrected chi connectivity index (χ2v) is 5.79. The van der Waals surface area contributed by atoms with Crippen molar-refractivity contribution in [1.82, 2.24) is 5.32 Å². The van der Waals surface area contributed by atoms with E-state index in [4.69, 9.17) is 25.8 Å². The zero-order valence-corrected chi connectivity index (χ0v) is 13.8. The Balaban J connectivity index is 2.77. The molecule has 0 saturated carbocycles. The maximum Gasteiger partial charge on any atom is 0.179 e. The highest BCUT2D eigenvalue weighted by Crippen LogP contribution is 2.36. The van der Waals surface area contributed by atoms with E-state index in [1.165, 1.54) is 0 Å². The van der Waals surface area contributed by atoms with Crippen molar-refractivity contribution in [2.24, 2.45) is 0 Å². The number of hydrogen-bond acceptors (Lipinski definition) is 5. The van der Waals surface area contributed by atoms with E-state index in [2.05, 4.69) is 5.32 Å². The van der Waals surface area contributed by atoms with Gasteiger partial charge in [-0.2, -0.15) is 0 Å². The second kappa shape index (κ2) is 8.44. The van der Waals surface area contributed by atoms with E-state index >= 15 is 0 Å². The van der Waals surface area contributed by atoms with Gasteiger partial charge in [-0.15, -0.1) is 0 Å². The number of benzene rings is 1. The molecule has 6 heteroatoms. The van der Waals surface area contributed by atoms with Crippen LogP contribution in [0.25, 0.3) is 0 Å². The molecule has 0 saturated heterocycles. The highest BCUT2D eigenvalue weighted by Gasteiger charge is 2.18. The van der Waals surface area contributed by atoms with Gasteiger partial charge >= 0.3 is 0 Å². The number of methoxy groups -OCH3 is 2. The first-order chi connectivity index (χ1) is 9.87. The van der Waals surface area contributed by atoms with Crippen molar-refractivity contribution >= 4 is 11.6 Å². The number of nitrogens with one attached hydrogen (secondary N) is 1. The normalized spacial score (nSPS) is 11.5. The third-order valence-electron chi connectivity index (χ3n) is 2.67. The van der Waals surface area contributed by atoms with Crippen LogP contribution in [0.3, 0.4) is 0 Å². The first kappa shape index (κ1) is 18.0. The molecule has 1 aromatic carbocycles. The molecule has 0 unspecified atom stereocenters.